The van der Waals surface area contributed by atoms with E-state index in [0.717, 1.165) is 48.4 Å². The molecule has 172 valence electrons. The Balaban J connectivity index is 1.21. The zero-order valence-electron chi connectivity index (χ0n) is 18.4. The summed E-state index contributed by atoms with van der Waals surface area (Å²) in [6, 6.07) is 17.7. The Kier molecular flexibility index (Phi) is 5.72. The lowest BCUT2D eigenvalue weighted by molar-refractivity contribution is -0.117. The van der Waals surface area contributed by atoms with Crippen LogP contribution in [0.3, 0.4) is 0 Å². The fraction of sp³-hybridized carbons (Fsp3) is 0.333. The average molecular weight is 483 g/mol. The molecular formula is C24H26N4O3S2. The highest BCUT2D eigenvalue weighted by Gasteiger charge is 2.46. The zero-order chi connectivity index (χ0) is 23.1. The van der Waals surface area contributed by atoms with Crippen LogP contribution in [0.1, 0.15) is 18.4 Å². The Hall–Kier alpha value is -2.75. The van der Waals surface area contributed by atoms with Gasteiger partial charge in [-0.05, 0) is 37.6 Å². The van der Waals surface area contributed by atoms with E-state index in [2.05, 4.69) is 21.3 Å². The van der Waals surface area contributed by atoms with Crippen molar-refractivity contribution in [2.45, 2.75) is 18.3 Å². The molecule has 0 radical (unpaired) electrons. The number of carbonyl (C=O) groups is 1. The SMILES string of the molecule is CS(=O)(=O)N1CC2(CCN(CC(=O)Nc3nc(-c4ccccc4)cs3)CC2)c2ccccc21. The van der Waals surface area contributed by atoms with Crippen LogP contribution in [0.4, 0.5) is 10.8 Å². The first-order valence-corrected chi connectivity index (χ1v) is 13.7. The number of nitrogens with one attached hydrogen (secondary N) is 1. The first-order chi connectivity index (χ1) is 15.8. The molecule has 1 fully saturated rings. The molecule has 0 saturated carbocycles. The van der Waals surface area contributed by atoms with Gasteiger partial charge in [0.15, 0.2) is 5.13 Å². The highest BCUT2D eigenvalue weighted by atomic mass is 32.2. The van der Waals surface area contributed by atoms with Gasteiger partial charge in [-0.3, -0.25) is 14.0 Å². The number of anilines is 2. The third-order valence-corrected chi connectivity index (χ3v) is 8.48. The monoisotopic (exact) mass is 482 g/mol. The molecule has 5 rings (SSSR count). The van der Waals surface area contributed by atoms with E-state index in [4.69, 9.17) is 0 Å². The molecule has 33 heavy (non-hydrogen) atoms. The zero-order valence-corrected chi connectivity index (χ0v) is 20.0. The van der Waals surface area contributed by atoms with Gasteiger partial charge in [-0.25, -0.2) is 13.4 Å². The van der Waals surface area contributed by atoms with Crippen molar-refractivity contribution in [3.05, 3.63) is 65.5 Å². The van der Waals surface area contributed by atoms with Gasteiger partial charge in [0.1, 0.15) is 0 Å². The lowest BCUT2D eigenvalue weighted by atomic mass is 9.74. The number of sulfonamides is 1. The smallest absolute Gasteiger partial charge is 0.240 e. The second-order valence-corrected chi connectivity index (χ2v) is 11.6. The molecule has 1 saturated heterocycles. The number of piperidine rings is 1. The van der Waals surface area contributed by atoms with Crippen LogP contribution < -0.4 is 9.62 Å². The first-order valence-electron chi connectivity index (χ1n) is 10.9. The van der Waals surface area contributed by atoms with E-state index < -0.39 is 10.0 Å². The molecular weight excluding hydrogens is 456 g/mol. The van der Waals surface area contributed by atoms with Gasteiger partial charge in [0, 0.05) is 22.9 Å². The summed E-state index contributed by atoms with van der Waals surface area (Å²) in [5.41, 5.74) is 3.59. The van der Waals surface area contributed by atoms with Gasteiger partial charge >= 0.3 is 0 Å². The molecule has 0 unspecified atom stereocenters. The van der Waals surface area contributed by atoms with E-state index in [9.17, 15) is 13.2 Å². The van der Waals surface area contributed by atoms with Crippen molar-refractivity contribution in [1.82, 2.24) is 9.88 Å². The quantitative estimate of drug-likeness (QED) is 0.601. The van der Waals surface area contributed by atoms with E-state index in [-0.39, 0.29) is 11.3 Å². The van der Waals surface area contributed by atoms with E-state index in [1.165, 1.54) is 21.9 Å². The van der Waals surface area contributed by atoms with Crippen molar-refractivity contribution in [1.29, 1.82) is 0 Å². The van der Waals surface area contributed by atoms with Crippen molar-refractivity contribution in [3.8, 4) is 11.3 Å². The van der Waals surface area contributed by atoms with Crippen molar-refractivity contribution in [2.24, 2.45) is 0 Å². The maximum absolute atomic E-state index is 12.6. The number of hydrogen-bond donors (Lipinski definition) is 1. The summed E-state index contributed by atoms with van der Waals surface area (Å²) in [6.45, 7) is 2.26. The molecule has 9 heteroatoms. The second-order valence-electron chi connectivity index (χ2n) is 8.80. The summed E-state index contributed by atoms with van der Waals surface area (Å²) in [6.07, 6.45) is 2.90. The van der Waals surface area contributed by atoms with Gasteiger partial charge in [-0.1, -0.05) is 48.5 Å². The van der Waals surface area contributed by atoms with Crippen molar-refractivity contribution >= 4 is 38.1 Å². The minimum absolute atomic E-state index is 0.0792. The van der Waals surface area contributed by atoms with Gasteiger partial charge in [0.2, 0.25) is 15.9 Å². The van der Waals surface area contributed by atoms with Crippen LogP contribution >= 0.6 is 11.3 Å². The third kappa shape index (κ3) is 4.40. The lowest BCUT2D eigenvalue weighted by Gasteiger charge is -2.39. The number of amides is 1. The summed E-state index contributed by atoms with van der Waals surface area (Å²) < 4.78 is 26.3. The van der Waals surface area contributed by atoms with Crippen LogP contribution in [0, 0.1) is 0 Å². The number of nitrogens with zero attached hydrogens (tertiary/aromatic N) is 3. The second kappa shape index (κ2) is 8.55. The predicted octanol–water partition coefficient (Wildman–Crippen LogP) is 3.56. The highest BCUT2D eigenvalue weighted by molar-refractivity contribution is 7.92. The molecule has 2 aliphatic rings. The number of likely N-dealkylation sites (tertiary alicyclic amines) is 1. The molecule has 2 aliphatic heterocycles. The molecule has 1 amide bonds. The van der Waals surface area contributed by atoms with Crippen LogP contribution in [0.25, 0.3) is 11.3 Å². The topological polar surface area (TPSA) is 82.6 Å². The number of thiazole rings is 1. The Morgan fingerprint density at radius 1 is 1.09 bits per heavy atom. The van der Waals surface area contributed by atoms with Crippen LogP contribution in [0.2, 0.25) is 0 Å². The molecule has 0 atom stereocenters. The molecule has 3 heterocycles. The number of aromatic nitrogens is 1. The standard InChI is InChI=1S/C24H26N4O3S2/c1-33(30,31)28-17-24(19-9-5-6-10-21(19)28)11-13-27(14-12-24)15-22(29)26-23-25-20(16-32-23)18-7-3-2-4-8-18/h2-10,16H,11-15,17H2,1H3,(H,25,26,29). The van der Waals surface area contributed by atoms with E-state index >= 15 is 0 Å². The van der Waals surface area contributed by atoms with Crippen molar-refractivity contribution in [2.75, 3.05) is 42.1 Å². The largest absolute Gasteiger partial charge is 0.301 e. The summed E-state index contributed by atoms with van der Waals surface area (Å²) >= 11 is 1.42. The lowest BCUT2D eigenvalue weighted by Crippen LogP contribution is -2.47. The molecule has 0 bridgehead atoms. The molecule has 3 aromatic rings. The molecule has 2 aromatic carbocycles. The summed E-state index contributed by atoms with van der Waals surface area (Å²) in [4.78, 5) is 19.3. The Bertz CT molecular complexity index is 1270. The van der Waals surface area contributed by atoms with Gasteiger partial charge in [-0.15, -0.1) is 11.3 Å². The minimum atomic E-state index is -3.33. The number of rotatable bonds is 5. The first kappa shape index (κ1) is 22.1. The summed E-state index contributed by atoms with van der Waals surface area (Å²) in [7, 11) is -3.33. The van der Waals surface area contributed by atoms with E-state index in [1.807, 2.05) is 53.9 Å². The average Bonchev–Trinajstić information content (AvgIpc) is 3.39. The molecule has 1 spiro atoms. The maximum atomic E-state index is 12.6. The summed E-state index contributed by atoms with van der Waals surface area (Å²) in [5.74, 6) is -0.0792. The Morgan fingerprint density at radius 3 is 2.52 bits per heavy atom. The van der Waals surface area contributed by atoms with Gasteiger partial charge in [-0.2, -0.15) is 0 Å². The molecule has 0 aliphatic carbocycles. The van der Waals surface area contributed by atoms with Gasteiger partial charge in [0.05, 0.1) is 24.2 Å². The van der Waals surface area contributed by atoms with Gasteiger partial charge in [0.25, 0.3) is 0 Å². The normalized spacial score (nSPS) is 17.8. The van der Waals surface area contributed by atoms with Crippen molar-refractivity contribution in [3.63, 3.8) is 0 Å². The number of benzene rings is 2. The number of para-hydroxylation sites is 1. The molecule has 7 nitrogen and oxygen atoms in total. The third-order valence-electron chi connectivity index (χ3n) is 6.59. The van der Waals surface area contributed by atoms with Crippen LogP contribution in [-0.2, 0) is 20.2 Å². The van der Waals surface area contributed by atoms with Crippen LogP contribution in [-0.4, -0.2) is 56.6 Å². The maximum Gasteiger partial charge on any atom is 0.240 e. The Morgan fingerprint density at radius 2 is 1.79 bits per heavy atom. The van der Waals surface area contributed by atoms with Crippen LogP contribution in [0.15, 0.2) is 60.0 Å². The Labute approximate surface area is 198 Å². The number of fused-ring (bicyclic) bond motifs is 2. The molecule has 1 aromatic heterocycles. The fourth-order valence-corrected chi connectivity index (χ4v) is 6.62. The summed E-state index contributed by atoms with van der Waals surface area (Å²) in [5, 5.41) is 5.47. The van der Waals surface area contributed by atoms with Gasteiger partial charge < -0.3 is 5.32 Å². The number of carbonyl (C=O) groups excluding carboxylic acids is 1. The van der Waals surface area contributed by atoms with E-state index in [1.54, 1.807) is 0 Å². The van der Waals surface area contributed by atoms with E-state index in [0.29, 0.717) is 18.2 Å². The van der Waals surface area contributed by atoms with Crippen LogP contribution in [0.5, 0.6) is 0 Å². The predicted molar refractivity (Wildman–Crippen MR) is 132 cm³/mol. The minimum Gasteiger partial charge on any atom is -0.301 e. The molecule has 1 N–H and O–H groups in total. The number of hydrogen-bond acceptors (Lipinski definition) is 6. The highest BCUT2D eigenvalue weighted by Crippen LogP contribution is 2.47. The van der Waals surface area contributed by atoms with Crippen molar-refractivity contribution < 1.29 is 13.2 Å². The fourth-order valence-electron chi connectivity index (χ4n) is 4.88.